The summed E-state index contributed by atoms with van der Waals surface area (Å²) in [5.74, 6) is -0.275. The monoisotopic (exact) mass is 218 g/mol. The number of rotatable bonds is 4. The predicted molar refractivity (Wildman–Crippen MR) is 57.9 cm³/mol. The van der Waals surface area contributed by atoms with E-state index in [0.29, 0.717) is 18.7 Å². The Hall–Kier alpha value is -1.96. The number of hydrogen-bond acceptors (Lipinski definition) is 4. The Morgan fingerprint density at radius 3 is 2.94 bits per heavy atom. The average Bonchev–Trinajstić information content (AvgIpc) is 2.36. The molecule has 0 saturated carbocycles. The molecule has 1 amide bonds. The van der Waals surface area contributed by atoms with Crippen LogP contribution in [0.2, 0.25) is 0 Å². The number of amides is 1. The summed E-state index contributed by atoms with van der Waals surface area (Å²) >= 11 is 0. The van der Waals surface area contributed by atoms with Crippen molar-refractivity contribution in [2.75, 3.05) is 0 Å². The molecule has 1 unspecified atom stereocenters. The first-order valence-electron chi connectivity index (χ1n) is 5.08. The Kier molecular flexibility index (Phi) is 3.95. The van der Waals surface area contributed by atoms with Gasteiger partial charge in [0.1, 0.15) is 5.41 Å². The molecular weight excluding hydrogens is 204 g/mol. The molecule has 0 aliphatic carbocycles. The topological polar surface area (TPSA) is 78.7 Å². The second-order valence-corrected chi connectivity index (χ2v) is 3.70. The van der Waals surface area contributed by atoms with Gasteiger partial charge in [0.25, 0.3) is 0 Å². The fraction of sp³-hybridized carbons (Fsp3) is 0.455. The highest BCUT2D eigenvalue weighted by molar-refractivity contribution is 5.84. The quantitative estimate of drug-likeness (QED) is 0.818. The summed E-state index contributed by atoms with van der Waals surface area (Å²) in [7, 11) is 0. The van der Waals surface area contributed by atoms with Crippen LogP contribution in [0.5, 0.6) is 0 Å². The molecule has 0 aliphatic heterocycles. The van der Waals surface area contributed by atoms with Gasteiger partial charge in [-0.25, -0.2) is 0 Å². The van der Waals surface area contributed by atoms with E-state index in [4.69, 9.17) is 5.26 Å². The van der Waals surface area contributed by atoms with E-state index >= 15 is 0 Å². The lowest BCUT2D eigenvalue weighted by Crippen LogP contribution is -2.37. The molecule has 1 heterocycles. The second kappa shape index (κ2) is 5.21. The molecule has 1 rings (SSSR count). The highest BCUT2D eigenvalue weighted by Gasteiger charge is 2.30. The first-order valence-corrected chi connectivity index (χ1v) is 5.08. The van der Waals surface area contributed by atoms with Crippen LogP contribution in [0.15, 0.2) is 18.3 Å². The van der Waals surface area contributed by atoms with Gasteiger partial charge < -0.3 is 5.32 Å². The SMILES string of the molecule is CCC(C)(C#N)C(=O)NCc1cccnn1. The molecule has 5 heteroatoms. The van der Waals surface area contributed by atoms with Gasteiger partial charge in [-0.05, 0) is 25.5 Å². The Balaban J connectivity index is 2.57. The van der Waals surface area contributed by atoms with Crippen LogP contribution in [-0.4, -0.2) is 16.1 Å². The Bertz CT molecular complexity index is 398. The standard InChI is InChI=1S/C11H14N4O/c1-3-11(2,8-12)10(16)13-7-9-5-4-6-14-15-9/h4-6H,3,7H2,1-2H3,(H,13,16). The molecular formula is C11H14N4O. The number of nitrogens with one attached hydrogen (secondary N) is 1. The van der Waals surface area contributed by atoms with Crippen molar-refractivity contribution in [3.8, 4) is 6.07 Å². The molecule has 1 atom stereocenters. The fourth-order valence-electron chi connectivity index (χ4n) is 1.08. The second-order valence-electron chi connectivity index (χ2n) is 3.70. The van der Waals surface area contributed by atoms with Crippen LogP contribution in [-0.2, 0) is 11.3 Å². The summed E-state index contributed by atoms with van der Waals surface area (Å²) in [6, 6.07) is 5.53. The summed E-state index contributed by atoms with van der Waals surface area (Å²) in [5, 5.41) is 19.1. The molecule has 1 aromatic heterocycles. The summed E-state index contributed by atoms with van der Waals surface area (Å²) < 4.78 is 0. The summed E-state index contributed by atoms with van der Waals surface area (Å²) in [6.07, 6.45) is 2.05. The van der Waals surface area contributed by atoms with Gasteiger partial charge in [-0.3, -0.25) is 4.79 Å². The third-order valence-electron chi connectivity index (χ3n) is 2.51. The van der Waals surface area contributed by atoms with Gasteiger partial charge in [0.15, 0.2) is 0 Å². The maximum Gasteiger partial charge on any atom is 0.240 e. The van der Waals surface area contributed by atoms with Crippen molar-refractivity contribution in [3.63, 3.8) is 0 Å². The van der Waals surface area contributed by atoms with E-state index < -0.39 is 5.41 Å². The number of nitrogens with zero attached hydrogens (tertiary/aromatic N) is 3. The van der Waals surface area contributed by atoms with Gasteiger partial charge in [-0.15, -0.1) is 0 Å². The molecule has 16 heavy (non-hydrogen) atoms. The summed E-state index contributed by atoms with van der Waals surface area (Å²) in [4.78, 5) is 11.7. The van der Waals surface area contributed by atoms with Crippen molar-refractivity contribution in [1.82, 2.24) is 15.5 Å². The lowest BCUT2D eigenvalue weighted by molar-refractivity contribution is -0.127. The molecule has 0 aliphatic rings. The van der Waals surface area contributed by atoms with Gasteiger partial charge in [-0.1, -0.05) is 6.92 Å². The lowest BCUT2D eigenvalue weighted by Gasteiger charge is -2.18. The van der Waals surface area contributed by atoms with Crippen molar-refractivity contribution >= 4 is 5.91 Å². The highest BCUT2D eigenvalue weighted by atomic mass is 16.2. The zero-order chi connectivity index (χ0) is 12.0. The third-order valence-corrected chi connectivity index (χ3v) is 2.51. The van der Waals surface area contributed by atoms with Gasteiger partial charge in [-0.2, -0.15) is 15.5 Å². The average molecular weight is 218 g/mol. The van der Waals surface area contributed by atoms with Crippen molar-refractivity contribution in [3.05, 3.63) is 24.0 Å². The largest absolute Gasteiger partial charge is 0.349 e. The minimum atomic E-state index is -0.970. The van der Waals surface area contributed by atoms with E-state index in [1.165, 1.54) is 0 Å². The number of carbonyl (C=O) groups is 1. The van der Waals surface area contributed by atoms with Crippen LogP contribution in [0, 0.1) is 16.7 Å². The maximum absolute atomic E-state index is 11.7. The van der Waals surface area contributed by atoms with Gasteiger partial charge in [0.2, 0.25) is 5.91 Å². The Morgan fingerprint density at radius 1 is 1.69 bits per heavy atom. The normalized spacial score (nSPS) is 13.6. The van der Waals surface area contributed by atoms with Gasteiger partial charge in [0, 0.05) is 6.20 Å². The molecule has 0 radical (unpaired) electrons. The molecule has 1 N–H and O–H groups in total. The Morgan fingerprint density at radius 2 is 2.44 bits per heavy atom. The fourth-order valence-corrected chi connectivity index (χ4v) is 1.08. The Labute approximate surface area is 94.5 Å². The zero-order valence-electron chi connectivity index (χ0n) is 9.40. The predicted octanol–water partition coefficient (Wildman–Crippen LogP) is 1.03. The van der Waals surface area contributed by atoms with Crippen LogP contribution in [0.4, 0.5) is 0 Å². The van der Waals surface area contributed by atoms with Gasteiger partial charge >= 0.3 is 0 Å². The number of aromatic nitrogens is 2. The summed E-state index contributed by atoms with van der Waals surface area (Å²) in [6.45, 7) is 3.73. The number of nitriles is 1. The van der Waals surface area contributed by atoms with Crippen LogP contribution in [0.25, 0.3) is 0 Å². The summed E-state index contributed by atoms with van der Waals surface area (Å²) in [5.41, 5.74) is -0.297. The van der Waals surface area contributed by atoms with Gasteiger partial charge in [0.05, 0.1) is 18.3 Å². The van der Waals surface area contributed by atoms with Crippen LogP contribution in [0.3, 0.4) is 0 Å². The minimum Gasteiger partial charge on any atom is -0.349 e. The van der Waals surface area contributed by atoms with Crippen molar-refractivity contribution in [2.24, 2.45) is 5.41 Å². The van der Waals surface area contributed by atoms with Crippen LogP contribution in [0.1, 0.15) is 26.0 Å². The number of carbonyl (C=O) groups excluding carboxylic acids is 1. The minimum absolute atomic E-state index is 0.275. The van der Waals surface area contributed by atoms with E-state index in [9.17, 15) is 4.79 Å². The van der Waals surface area contributed by atoms with Crippen molar-refractivity contribution < 1.29 is 4.79 Å². The first kappa shape index (κ1) is 12.1. The van der Waals surface area contributed by atoms with E-state index in [1.807, 2.05) is 13.0 Å². The lowest BCUT2D eigenvalue weighted by atomic mass is 9.88. The van der Waals surface area contributed by atoms with E-state index in [1.54, 1.807) is 25.3 Å². The van der Waals surface area contributed by atoms with Crippen molar-refractivity contribution in [1.29, 1.82) is 5.26 Å². The van der Waals surface area contributed by atoms with E-state index in [-0.39, 0.29) is 5.91 Å². The molecule has 1 aromatic rings. The molecule has 0 spiro atoms. The first-order chi connectivity index (χ1) is 7.62. The number of hydrogen-bond donors (Lipinski definition) is 1. The maximum atomic E-state index is 11.7. The van der Waals surface area contributed by atoms with E-state index in [2.05, 4.69) is 15.5 Å². The molecule has 0 fully saturated rings. The third kappa shape index (κ3) is 2.76. The molecule has 0 aromatic carbocycles. The van der Waals surface area contributed by atoms with Crippen molar-refractivity contribution in [2.45, 2.75) is 26.8 Å². The highest BCUT2D eigenvalue weighted by Crippen LogP contribution is 2.19. The van der Waals surface area contributed by atoms with Crippen LogP contribution < -0.4 is 5.32 Å². The zero-order valence-corrected chi connectivity index (χ0v) is 9.40. The van der Waals surface area contributed by atoms with Crippen LogP contribution >= 0.6 is 0 Å². The molecule has 0 saturated heterocycles. The molecule has 0 bridgehead atoms. The smallest absolute Gasteiger partial charge is 0.240 e. The van der Waals surface area contributed by atoms with E-state index in [0.717, 1.165) is 0 Å². The molecule has 84 valence electrons. The molecule has 5 nitrogen and oxygen atoms in total.